The van der Waals surface area contributed by atoms with Crippen LogP contribution in [0.2, 0.25) is 25.1 Å². The molecule has 5 aromatic carbocycles. The van der Waals surface area contributed by atoms with Crippen molar-refractivity contribution in [3.63, 3.8) is 0 Å². The molecule has 0 aliphatic rings. The molecule has 0 aliphatic heterocycles. The average molecular weight is 1480 g/mol. The standard InChI is InChI=1S/C30H32Cl2N2O3.C29H30Cl2N2O3.C23H27ClN2O3/c1-17-19(3)34(16-20-8-12-22(31)13-9-20)28-24(17)26(21-10-14-23(32)15-11-21)25(18(2)33-28)27(29(35)36-7)37-30(4,5)6;1-16-18(3)33(15-19-7-11-21(30)12-8-19)27-23(16)25(20-9-13-22(31)14-10-20)24(17(2)32-27)26(28(34)35)36-29(4,5)6;1-12-13(2)25-21-17(12)19(15-8-10-16(24)11-9-15)18(14(3)26-21)20(22(27)28-7)29-23(4,5)6/h8-15,27H,16H2,1-7H3;7-14,26H,15H2,1-6H3,(H,34,35);8-11,20H,1-7H3,(H,25,26). The predicted molar refractivity (Wildman–Crippen MR) is 413 cm³/mol. The van der Waals surface area contributed by atoms with Gasteiger partial charge >= 0.3 is 17.9 Å². The van der Waals surface area contributed by atoms with Gasteiger partial charge in [0.1, 0.15) is 16.9 Å². The molecule has 11 aromatic rings. The lowest BCUT2D eigenvalue weighted by Crippen LogP contribution is -2.29. The van der Waals surface area contributed by atoms with Gasteiger partial charge in [0.2, 0.25) is 0 Å². The van der Waals surface area contributed by atoms with E-state index in [1.807, 2.05) is 218 Å². The van der Waals surface area contributed by atoms with Crippen LogP contribution >= 0.6 is 58.0 Å². The van der Waals surface area contributed by atoms with Crippen LogP contribution in [0.4, 0.5) is 0 Å². The summed E-state index contributed by atoms with van der Waals surface area (Å²) >= 11 is 30.8. The van der Waals surface area contributed by atoms with E-state index in [-0.39, 0.29) is 0 Å². The van der Waals surface area contributed by atoms with Crippen LogP contribution < -0.4 is 0 Å². The van der Waals surface area contributed by atoms with Gasteiger partial charge in [-0.25, -0.2) is 29.3 Å². The number of aryl methyl sites for hydroxylation is 7. The number of aromatic nitrogens is 6. The first-order valence-electron chi connectivity index (χ1n) is 33.5. The molecule has 0 saturated carbocycles. The van der Waals surface area contributed by atoms with E-state index in [2.05, 4.69) is 41.8 Å². The fraction of sp³-hybridized carbons (Fsp3) is 0.341. The van der Waals surface area contributed by atoms with Crippen molar-refractivity contribution in [3.05, 3.63) is 225 Å². The molecule has 2 N–H and O–H groups in total. The molecule has 102 heavy (non-hydrogen) atoms. The van der Waals surface area contributed by atoms with Crippen molar-refractivity contribution in [1.82, 2.24) is 29.1 Å². The van der Waals surface area contributed by atoms with E-state index in [4.69, 9.17) is 96.6 Å². The number of carbonyl (C=O) groups excluding carboxylic acids is 2. The van der Waals surface area contributed by atoms with Gasteiger partial charge in [-0.1, -0.05) is 119 Å². The Bertz CT molecular complexity index is 4930. The van der Waals surface area contributed by atoms with Gasteiger partial charge < -0.3 is 42.9 Å². The molecule has 0 aliphatic carbocycles. The molecule has 20 heteroatoms. The second kappa shape index (κ2) is 31.5. The first-order chi connectivity index (χ1) is 47.8. The molecular weight excluding hydrogens is 1390 g/mol. The molecule has 0 saturated heterocycles. The SMILES string of the molecule is COC(=O)C(OC(C)(C)C)c1c(C)nc2[nH]c(C)c(C)c2c1-c1ccc(Cl)cc1.COC(=O)C(OC(C)(C)C)c1c(C)nc2c(c(C)c(C)n2Cc2ccc(Cl)cc2)c1-c1ccc(Cl)cc1.Cc1nc2c(c(C)c(C)n2Cc2ccc(Cl)cc2)c(-c2ccc(Cl)cc2)c1C(OC(C)(C)C)C(=O)O. The molecule has 0 fully saturated rings. The van der Waals surface area contributed by atoms with Crippen molar-refractivity contribution in [1.29, 1.82) is 0 Å². The number of esters is 2. The summed E-state index contributed by atoms with van der Waals surface area (Å²) in [6, 6.07) is 38.3. The number of carboxylic acids is 1. The number of H-pyrrole nitrogens is 1. The maximum absolute atomic E-state index is 13.1. The van der Waals surface area contributed by atoms with Crippen molar-refractivity contribution in [2.45, 2.75) is 173 Å². The number of halogens is 5. The van der Waals surface area contributed by atoms with Gasteiger partial charge in [0.25, 0.3) is 0 Å². The van der Waals surface area contributed by atoms with E-state index in [0.29, 0.717) is 72.0 Å². The van der Waals surface area contributed by atoms with Crippen LogP contribution in [0.5, 0.6) is 0 Å². The Labute approximate surface area is 622 Å². The summed E-state index contributed by atoms with van der Waals surface area (Å²) in [6.45, 7) is 36.3. The number of carbonyl (C=O) groups is 3. The Kier molecular flexibility index (Phi) is 24.1. The summed E-state index contributed by atoms with van der Waals surface area (Å²) in [5.41, 5.74) is 18.5. The molecule has 6 aromatic heterocycles. The quantitative estimate of drug-likeness (QED) is 0.0875. The van der Waals surface area contributed by atoms with Gasteiger partial charge in [-0.05, 0) is 230 Å². The lowest BCUT2D eigenvalue weighted by molar-refractivity contribution is -0.164. The number of ether oxygens (including phenoxy) is 5. The number of hydrogen-bond acceptors (Lipinski definition) is 11. The number of aliphatic carboxylic acids is 1. The van der Waals surface area contributed by atoms with Gasteiger partial charge in [0.15, 0.2) is 18.3 Å². The lowest BCUT2D eigenvalue weighted by Gasteiger charge is -2.29. The smallest absolute Gasteiger partial charge is 0.339 e. The van der Waals surface area contributed by atoms with Gasteiger partial charge in [-0.2, -0.15) is 0 Å². The summed E-state index contributed by atoms with van der Waals surface area (Å²) in [7, 11) is 2.75. The maximum Gasteiger partial charge on any atom is 0.339 e. The van der Waals surface area contributed by atoms with E-state index < -0.39 is 53.0 Å². The average Bonchev–Trinajstić information content (AvgIpc) is 1.54. The van der Waals surface area contributed by atoms with Crippen LogP contribution in [-0.4, -0.2) is 83.1 Å². The molecule has 3 unspecified atom stereocenters. The minimum absolute atomic E-state index is 0.454. The van der Waals surface area contributed by atoms with Crippen LogP contribution in [0.15, 0.2) is 121 Å². The maximum atomic E-state index is 13.1. The number of fused-ring (bicyclic) bond motifs is 3. The number of carboxylic acid groups (broad SMARTS) is 1. The third-order valence-electron chi connectivity index (χ3n) is 17.8. The van der Waals surface area contributed by atoms with Crippen LogP contribution in [0.25, 0.3) is 66.5 Å². The zero-order chi connectivity index (χ0) is 74.9. The van der Waals surface area contributed by atoms with E-state index >= 15 is 0 Å². The molecule has 0 amide bonds. The first-order valence-corrected chi connectivity index (χ1v) is 35.4. The highest BCUT2D eigenvalue weighted by Crippen LogP contribution is 2.46. The monoisotopic (exact) mass is 1480 g/mol. The minimum atomic E-state index is -1.19. The second-order valence-electron chi connectivity index (χ2n) is 28.5. The minimum Gasteiger partial charge on any atom is -0.479 e. The predicted octanol–water partition coefficient (Wildman–Crippen LogP) is 21.8. The third-order valence-corrected chi connectivity index (χ3v) is 19.1. The number of pyridine rings is 3. The molecule has 3 atom stereocenters. The van der Waals surface area contributed by atoms with E-state index in [1.54, 1.807) is 0 Å². The van der Waals surface area contributed by atoms with Gasteiger partial charge in [0.05, 0.1) is 31.0 Å². The Hall–Kier alpha value is -8.09. The Morgan fingerprint density at radius 3 is 1.01 bits per heavy atom. The first kappa shape index (κ1) is 78.1. The Morgan fingerprint density at radius 1 is 0.422 bits per heavy atom. The summed E-state index contributed by atoms with van der Waals surface area (Å²) < 4.78 is 33.3. The van der Waals surface area contributed by atoms with Crippen LogP contribution in [0.1, 0.15) is 159 Å². The summed E-state index contributed by atoms with van der Waals surface area (Å²) in [5.74, 6) is -1.98. The molecule has 0 bridgehead atoms. The van der Waals surface area contributed by atoms with Crippen LogP contribution in [0.3, 0.4) is 0 Å². The highest BCUT2D eigenvalue weighted by atomic mass is 35.5. The summed E-state index contributed by atoms with van der Waals surface area (Å²) in [6.07, 6.45) is -3.05. The normalized spacial score (nSPS) is 12.8. The lowest BCUT2D eigenvalue weighted by atomic mass is 9.91. The highest BCUT2D eigenvalue weighted by molar-refractivity contribution is 6.32. The molecule has 536 valence electrons. The highest BCUT2D eigenvalue weighted by Gasteiger charge is 2.38. The number of benzene rings is 5. The number of aromatic amines is 1. The fourth-order valence-electron chi connectivity index (χ4n) is 12.8. The summed E-state index contributed by atoms with van der Waals surface area (Å²) in [4.78, 5) is 56.6. The topological polar surface area (TPSA) is 182 Å². The fourth-order valence-corrected chi connectivity index (χ4v) is 13.5. The molecular formula is C82H89Cl5N6O9. The molecule has 6 heterocycles. The Balaban J connectivity index is 0.000000179. The third kappa shape index (κ3) is 17.4. The molecule has 0 radical (unpaired) electrons. The molecule has 0 spiro atoms. The molecule has 15 nitrogen and oxygen atoms in total. The Morgan fingerprint density at radius 2 is 0.706 bits per heavy atom. The van der Waals surface area contributed by atoms with Crippen LogP contribution in [-0.2, 0) is 51.2 Å². The largest absolute Gasteiger partial charge is 0.479 e. The molecule has 11 rings (SSSR count). The van der Waals surface area contributed by atoms with Gasteiger partial charge in [-0.15, -0.1) is 0 Å². The number of rotatable bonds is 16. The van der Waals surface area contributed by atoms with Crippen molar-refractivity contribution >= 4 is 109 Å². The number of methoxy groups -OCH3 is 2. The van der Waals surface area contributed by atoms with Crippen molar-refractivity contribution in [2.75, 3.05) is 14.2 Å². The van der Waals surface area contributed by atoms with Crippen molar-refractivity contribution in [3.8, 4) is 33.4 Å². The van der Waals surface area contributed by atoms with Gasteiger partial charge in [0, 0.05) is 122 Å². The van der Waals surface area contributed by atoms with Crippen molar-refractivity contribution in [2.24, 2.45) is 0 Å². The van der Waals surface area contributed by atoms with E-state index in [1.165, 1.54) is 14.2 Å². The number of nitrogens with zero attached hydrogens (tertiary/aromatic N) is 5. The van der Waals surface area contributed by atoms with Gasteiger partial charge in [-0.3, -0.25) is 0 Å². The van der Waals surface area contributed by atoms with Crippen LogP contribution in [0, 0.1) is 62.3 Å². The van der Waals surface area contributed by atoms with E-state index in [9.17, 15) is 19.5 Å². The zero-order valence-corrected chi connectivity index (χ0v) is 65.3. The zero-order valence-electron chi connectivity index (χ0n) is 61.5. The van der Waals surface area contributed by atoms with E-state index in [0.717, 1.165) is 111 Å². The number of nitrogens with one attached hydrogen (secondary N) is 1. The van der Waals surface area contributed by atoms with Crippen molar-refractivity contribution < 1.29 is 43.2 Å². The summed E-state index contributed by atoms with van der Waals surface area (Å²) in [5, 5.41) is 16.4. The second-order valence-corrected chi connectivity index (χ2v) is 30.7. The number of hydrogen-bond donors (Lipinski definition) is 2.